The Morgan fingerprint density at radius 2 is 1.86 bits per heavy atom. The molecule has 0 spiro atoms. The molecule has 0 bridgehead atoms. The average Bonchev–Trinajstić information content (AvgIpc) is 2.51. The number of nitrogens with two attached hydrogens (primary N) is 1. The molecule has 4 N–H and O–H groups in total. The molecule has 3 amide bonds. The highest BCUT2D eigenvalue weighted by Gasteiger charge is 2.27. The average molecular weight is 300 g/mol. The molecular weight excluding hydrogens is 276 g/mol. The minimum Gasteiger partial charge on any atom is -0.480 e. The zero-order chi connectivity index (χ0) is 16.0. The highest BCUT2D eigenvalue weighted by atomic mass is 16.4. The SMILES string of the molecule is CC(C)(CC(N)=O)NC(=O)N1CCCN(CC(=O)O)CC1. The lowest BCUT2D eigenvalue weighted by molar-refractivity contribution is -0.138. The number of hydrogen-bond acceptors (Lipinski definition) is 4. The van der Waals surface area contributed by atoms with Crippen LogP contribution in [-0.2, 0) is 9.59 Å². The summed E-state index contributed by atoms with van der Waals surface area (Å²) in [5, 5.41) is 11.6. The summed E-state index contributed by atoms with van der Waals surface area (Å²) in [6.45, 7) is 5.67. The molecule has 8 heteroatoms. The quantitative estimate of drug-likeness (QED) is 0.629. The van der Waals surface area contributed by atoms with E-state index in [0.29, 0.717) is 26.2 Å². The lowest BCUT2D eigenvalue weighted by atomic mass is 10.0. The summed E-state index contributed by atoms with van der Waals surface area (Å²) in [6, 6.07) is -0.251. The molecular formula is C13H24N4O4. The van der Waals surface area contributed by atoms with Crippen molar-refractivity contribution < 1.29 is 19.5 Å². The van der Waals surface area contributed by atoms with Crippen molar-refractivity contribution in [1.82, 2.24) is 15.1 Å². The fourth-order valence-corrected chi connectivity index (χ4v) is 2.37. The molecule has 120 valence electrons. The molecule has 21 heavy (non-hydrogen) atoms. The Labute approximate surface area is 124 Å². The van der Waals surface area contributed by atoms with Crippen LogP contribution in [0.15, 0.2) is 0 Å². The maximum Gasteiger partial charge on any atom is 0.317 e. The molecule has 0 atom stereocenters. The van der Waals surface area contributed by atoms with E-state index in [9.17, 15) is 14.4 Å². The second kappa shape index (κ2) is 7.26. The molecule has 8 nitrogen and oxygen atoms in total. The second-order valence-corrected chi connectivity index (χ2v) is 5.97. The van der Waals surface area contributed by atoms with Crippen molar-refractivity contribution in [2.24, 2.45) is 5.73 Å². The van der Waals surface area contributed by atoms with Gasteiger partial charge < -0.3 is 21.1 Å². The van der Waals surface area contributed by atoms with Crippen molar-refractivity contribution in [2.45, 2.75) is 32.2 Å². The molecule has 1 fully saturated rings. The van der Waals surface area contributed by atoms with Gasteiger partial charge in [0, 0.05) is 38.1 Å². The molecule has 0 aromatic rings. The van der Waals surface area contributed by atoms with E-state index in [1.54, 1.807) is 18.7 Å². The maximum absolute atomic E-state index is 12.2. The third-order valence-corrected chi connectivity index (χ3v) is 3.30. The Morgan fingerprint density at radius 3 is 2.43 bits per heavy atom. The largest absolute Gasteiger partial charge is 0.480 e. The van der Waals surface area contributed by atoms with Crippen molar-refractivity contribution in [3.63, 3.8) is 0 Å². The topological polar surface area (TPSA) is 116 Å². The third-order valence-electron chi connectivity index (χ3n) is 3.30. The maximum atomic E-state index is 12.2. The zero-order valence-corrected chi connectivity index (χ0v) is 12.6. The van der Waals surface area contributed by atoms with E-state index in [1.165, 1.54) is 0 Å². The Morgan fingerprint density at radius 1 is 1.19 bits per heavy atom. The highest BCUT2D eigenvalue weighted by Crippen LogP contribution is 2.10. The third kappa shape index (κ3) is 6.44. The summed E-state index contributed by atoms with van der Waals surface area (Å²) >= 11 is 0. The standard InChI is InChI=1S/C13H24N4O4/c1-13(2,8-10(14)18)15-12(21)17-5-3-4-16(6-7-17)9-11(19)20/h3-9H2,1-2H3,(H2,14,18)(H,15,21)(H,19,20). The van der Waals surface area contributed by atoms with E-state index < -0.39 is 17.4 Å². The Kier molecular flexibility index (Phi) is 5.95. The van der Waals surface area contributed by atoms with Gasteiger partial charge in [-0.25, -0.2) is 4.79 Å². The van der Waals surface area contributed by atoms with Gasteiger partial charge in [-0.2, -0.15) is 0 Å². The van der Waals surface area contributed by atoms with Crippen LogP contribution in [0, 0.1) is 0 Å². The second-order valence-electron chi connectivity index (χ2n) is 5.97. The molecule has 0 aliphatic carbocycles. The zero-order valence-electron chi connectivity index (χ0n) is 12.6. The van der Waals surface area contributed by atoms with Crippen LogP contribution in [0.1, 0.15) is 26.7 Å². The molecule has 0 saturated carbocycles. The van der Waals surface area contributed by atoms with Gasteiger partial charge in [-0.3, -0.25) is 14.5 Å². The number of primary amides is 1. The normalized spacial score (nSPS) is 17.1. The Bertz CT molecular complexity index is 411. The first-order valence-corrected chi connectivity index (χ1v) is 6.99. The number of aliphatic carboxylic acids is 1. The van der Waals surface area contributed by atoms with Crippen molar-refractivity contribution in [3.8, 4) is 0 Å². The number of carbonyl (C=O) groups is 3. The molecule has 0 radical (unpaired) electrons. The van der Waals surface area contributed by atoms with Crippen molar-refractivity contribution in [2.75, 3.05) is 32.7 Å². The van der Waals surface area contributed by atoms with Gasteiger partial charge in [-0.1, -0.05) is 0 Å². The van der Waals surface area contributed by atoms with Crippen LogP contribution >= 0.6 is 0 Å². The van der Waals surface area contributed by atoms with E-state index in [-0.39, 0.29) is 19.0 Å². The van der Waals surface area contributed by atoms with Gasteiger partial charge >= 0.3 is 12.0 Å². The number of rotatable bonds is 5. The van der Waals surface area contributed by atoms with Crippen LogP contribution in [0.5, 0.6) is 0 Å². The Balaban J connectivity index is 2.51. The fraction of sp³-hybridized carbons (Fsp3) is 0.769. The molecule has 1 heterocycles. The summed E-state index contributed by atoms with van der Waals surface area (Å²) in [5.74, 6) is -1.33. The van der Waals surface area contributed by atoms with Gasteiger partial charge in [0.25, 0.3) is 0 Å². The van der Waals surface area contributed by atoms with Gasteiger partial charge in [0.05, 0.1) is 6.54 Å². The lowest BCUT2D eigenvalue weighted by Gasteiger charge is -2.29. The van der Waals surface area contributed by atoms with Crippen molar-refractivity contribution >= 4 is 17.9 Å². The first kappa shape index (κ1) is 17.2. The van der Waals surface area contributed by atoms with Crippen molar-refractivity contribution in [1.29, 1.82) is 0 Å². The minimum atomic E-state index is -0.865. The van der Waals surface area contributed by atoms with Crippen LogP contribution in [0.3, 0.4) is 0 Å². The summed E-state index contributed by atoms with van der Waals surface area (Å²) in [7, 11) is 0. The molecule has 0 unspecified atom stereocenters. The van der Waals surface area contributed by atoms with Crippen LogP contribution in [0.25, 0.3) is 0 Å². The van der Waals surface area contributed by atoms with E-state index in [2.05, 4.69) is 5.32 Å². The predicted octanol–water partition coefficient (Wildman–Crippen LogP) is -0.558. The number of nitrogens with zero attached hydrogens (tertiary/aromatic N) is 2. The summed E-state index contributed by atoms with van der Waals surface area (Å²) in [4.78, 5) is 37.3. The van der Waals surface area contributed by atoms with Crippen LogP contribution in [-0.4, -0.2) is 71.1 Å². The van der Waals surface area contributed by atoms with E-state index in [4.69, 9.17) is 10.8 Å². The van der Waals surface area contributed by atoms with E-state index >= 15 is 0 Å². The first-order chi connectivity index (χ1) is 9.69. The van der Waals surface area contributed by atoms with E-state index in [1.807, 2.05) is 4.90 Å². The van der Waals surface area contributed by atoms with Crippen molar-refractivity contribution in [3.05, 3.63) is 0 Å². The number of hydrogen-bond donors (Lipinski definition) is 3. The summed E-state index contributed by atoms with van der Waals surface area (Å²) in [5.41, 5.74) is 4.46. The number of nitrogens with one attached hydrogen (secondary N) is 1. The lowest BCUT2D eigenvalue weighted by Crippen LogP contribution is -2.52. The molecule has 1 saturated heterocycles. The number of urea groups is 1. The summed E-state index contributed by atoms with van der Waals surface area (Å²) < 4.78 is 0. The van der Waals surface area contributed by atoms with Crippen LogP contribution in [0.2, 0.25) is 0 Å². The molecule has 0 aromatic carbocycles. The number of carboxylic acids is 1. The van der Waals surface area contributed by atoms with Crippen LogP contribution < -0.4 is 11.1 Å². The molecule has 1 rings (SSSR count). The molecule has 1 aliphatic rings. The number of amides is 3. The van der Waals surface area contributed by atoms with E-state index in [0.717, 1.165) is 6.42 Å². The van der Waals surface area contributed by atoms with Gasteiger partial charge in [0.15, 0.2) is 0 Å². The molecule has 0 aromatic heterocycles. The Hall–Kier alpha value is -1.83. The van der Waals surface area contributed by atoms with Crippen LogP contribution in [0.4, 0.5) is 4.79 Å². The highest BCUT2D eigenvalue weighted by molar-refractivity contribution is 5.78. The smallest absolute Gasteiger partial charge is 0.317 e. The van der Waals surface area contributed by atoms with Gasteiger partial charge in [0.2, 0.25) is 5.91 Å². The number of carboxylic acid groups (broad SMARTS) is 1. The number of carbonyl (C=O) groups excluding carboxylic acids is 2. The van der Waals surface area contributed by atoms with Gasteiger partial charge in [0.1, 0.15) is 0 Å². The first-order valence-electron chi connectivity index (χ1n) is 6.99. The fourth-order valence-electron chi connectivity index (χ4n) is 2.37. The van der Waals surface area contributed by atoms with Gasteiger partial charge in [-0.05, 0) is 20.3 Å². The monoisotopic (exact) mass is 300 g/mol. The predicted molar refractivity (Wildman–Crippen MR) is 76.7 cm³/mol. The minimum absolute atomic E-state index is 0.0113. The summed E-state index contributed by atoms with van der Waals surface area (Å²) in [6.07, 6.45) is 0.786. The molecule has 1 aliphatic heterocycles. The van der Waals surface area contributed by atoms with Gasteiger partial charge in [-0.15, -0.1) is 0 Å².